The lowest BCUT2D eigenvalue weighted by Crippen LogP contribution is -2.62. The second kappa shape index (κ2) is 7.83. The van der Waals surface area contributed by atoms with Crippen LogP contribution in [0.4, 0.5) is 0 Å². The van der Waals surface area contributed by atoms with Gasteiger partial charge in [0.2, 0.25) is 0 Å². The molecule has 1 aliphatic rings. The number of methoxy groups -OCH3 is 1. The molecule has 0 aliphatic carbocycles. The van der Waals surface area contributed by atoms with Crippen LogP contribution in [0.15, 0.2) is 12.1 Å². The van der Waals surface area contributed by atoms with Crippen molar-refractivity contribution >= 4 is 29.2 Å². The van der Waals surface area contributed by atoms with Crippen LogP contribution in [-0.2, 0) is 9.47 Å². The minimum Gasteiger partial charge on any atom is -0.494 e. The maximum absolute atomic E-state index is 12.2. The molecule has 1 fully saturated rings. The number of benzene rings is 1. The molecule has 0 bridgehead atoms. The molecule has 10 heteroatoms. The summed E-state index contributed by atoms with van der Waals surface area (Å²) in [4.78, 5) is 12.2. The van der Waals surface area contributed by atoms with E-state index in [-0.39, 0.29) is 21.4 Å². The minimum absolute atomic E-state index is 0.0429. The maximum Gasteiger partial charge on any atom is 0.343 e. The van der Waals surface area contributed by atoms with Crippen LogP contribution in [0.1, 0.15) is 10.4 Å². The SMILES string of the molecule is COc1c(Cl)ccc(Cl)c1C(=O)OC[C@H]1O[C@@H](O)[C@H](N)[C@@H](O)[C@@H]1O. The van der Waals surface area contributed by atoms with Gasteiger partial charge in [0.25, 0.3) is 0 Å². The molecule has 8 nitrogen and oxygen atoms in total. The second-order valence-electron chi connectivity index (χ2n) is 5.16. The van der Waals surface area contributed by atoms with Crippen molar-refractivity contribution in [1.82, 2.24) is 0 Å². The molecule has 0 unspecified atom stereocenters. The number of hydrogen-bond acceptors (Lipinski definition) is 8. The predicted octanol–water partition coefficient (Wildman–Crippen LogP) is -0.0749. The topological polar surface area (TPSA) is 131 Å². The maximum atomic E-state index is 12.2. The Morgan fingerprint density at radius 2 is 1.88 bits per heavy atom. The van der Waals surface area contributed by atoms with E-state index in [1.54, 1.807) is 0 Å². The van der Waals surface area contributed by atoms with Crippen LogP contribution in [0.2, 0.25) is 10.0 Å². The average molecular weight is 382 g/mol. The molecule has 1 aromatic rings. The van der Waals surface area contributed by atoms with Crippen LogP contribution < -0.4 is 10.5 Å². The summed E-state index contributed by atoms with van der Waals surface area (Å²) >= 11 is 11.9. The lowest BCUT2D eigenvalue weighted by atomic mass is 9.98. The van der Waals surface area contributed by atoms with E-state index >= 15 is 0 Å². The quantitative estimate of drug-likeness (QED) is 0.532. The molecule has 0 amide bonds. The van der Waals surface area contributed by atoms with Gasteiger partial charge >= 0.3 is 5.97 Å². The standard InChI is InChI=1S/C14H17Cl2NO7/c1-22-12-6(16)3-2-5(15)8(12)13(20)23-4-7-10(18)11(19)9(17)14(21)24-7/h2-3,7,9-11,14,18-19,21H,4,17H2,1H3/t7-,9-,10-,11-,14-/m1/s1. The molecule has 0 radical (unpaired) electrons. The number of carbonyl (C=O) groups excluding carboxylic acids is 1. The van der Waals surface area contributed by atoms with Crippen molar-refractivity contribution in [2.45, 2.75) is 30.6 Å². The Balaban J connectivity index is 2.10. The predicted molar refractivity (Wildman–Crippen MR) is 84.2 cm³/mol. The summed E-state index contributed by atoms with van der Waals surface area (Å²) in [5.74, 6) is -0.824. The van der Waals surface area contributed by atoms with Crippen molar-refractivity contribution in [2.75, 3.05) is 13.7 Å². The van der Waals surface area contributed by atoms with Crippen LogP contribution >= 0.6 is 23.2 Å². The molecule has 24 heavy (non-hydrogen) atoms. The molecule has 1 aromatic carbocycles. The smallest absolute Gasteiger partial charge is 0.343 e. The molecule has 5 N–H and O–H groups in total. The molecule has 0 aromatic heterocycles. The first kappa shape index (κ1) is 19.2. The lowest BCUT2D eigenvalue weighted by molar-refractivity contribution is -0.248. The van der Waals surface area contributed by atoms with Gasteiger partial charge in [0, 0.05) is 0 Å². The number of halogens is 2. The second-order valence-corrected chi connectivity index (χ2v) is 5.97. The summed E-state index contributed by atoms with van der Waals surface area (Å²) in [5.41, 5.74) is 5.37. The highest BCUT2D eigenvalue weighted by Gasteiger charge is 2.42. The van der Waals surface area contributed by atoms with Gasteiger partial charge < -0.3 is 35.3 Å². The number of aliphatic hydroxyl groups excluding tert-OH is 3. The Hall–Kier alpha value is -1.13. The minimum atomic E-state index is -1.50. The Labute approximate surface area is 147 Å². The molecular weight excluding hydrogens is 365 g/mol. The molecule has 0 saturated carbocycles. The highest BCUT2D eigenvalue weighted by Crippen LogP contribution is 2.34. The average Bonchev–Trinajstić information content (AvgIpc) is 2.56. The van der Waals surface area contributed by atoms with Gasteiger partial charge in [-0.1, -0.05) is 23.2 Å². The van der Waals surface area contributed by atoms with Crippen molar-refractivity contribution in [3.63, 3.8) is 0 Å². The fourth-order valence-electron chi connectivity index (χ4n) is 2.26. The van der Waals surface area contributed by atoms with Crippen molar-refractivity contribution in [3.8, 4) is 5.75 Å². The number of hydrogen-bond donors (Lipinski definition) is 4. The Morgan fingerprint density at radius 1 is 1.25 bits per heavy atom. The summed E-state index contributed by atoms with van der Waals surface area (Å²) in [7, 11) is 1.32. The molecule has 5 atom stereocenters. The molecule has 1 saturated heterocycles. The third-order valence-electron chi connectivity index (χ3n) is 3.61. The van der Waals surface area contributed by atoms with Gasteiger partial charge in [-0.15, -0.1) is 0 Å². The number of esters is 1. The van der Waals surface area contributed by atoms with Crippen molar-refractivity contribution in [1.29, 1.82) is 0 Å². The van der Waals surface area contributed by atoms with E-state index in [4.69, 9.17) is 43.1 Å². The highest BCUT2D eigenvalue weighted by atomic mass is 35.5. The van der Waals surface area contributed by atoms with Crippen molar-refractivity contribution < 1.29 is 34.3 Å². The highest BCUT2D eigenvalue weighted by molar-refractivity contribution is 6.37. The van der Waals surface area contributed by atoms with Gasteiger partial charge in [-0.25, -0.2) is 4.79 Å². The van der Waals surface area contributed by atoms with E-state index in [1.165, 1.54) is 19.2 Å². The Bertz CT molecular complexity index is 615. The molecule has 2 rings (SSSR count). The monoisotopic (exact) mass is 381 g/mol. The molecule has 1 aliphatic heterocycles. The Morgan fingerprint density at radius 3 is 2.50 bits per heavy atom. The third-order valence-corrected chi connectivity index (χ3v) is 4.23. The van der Waals surface area contributed by atoms with Crippen LogP contribution in [-0.4, -0.2) is 65.6 Å². The fraction of sp³-hybridized carbons (Fsp3) is 0.500. The summed E-state index contributed by atoms with van der Waals surface area (Å²) in [6, 6.07) is 1.69. The van der Waals surface area contributed by atoms with Crippen molar-refractivity contribution in [3.05, 3.63) is 27.7 Å². The fourth-order valence-corrected chi connectivity index (χ4v) is 2.72. The van der Waals surface area contributed by atoms with Gasteiger partial charge in [0.05, 0.1) is 23.2 Å². The summed E-state index contributed by atoms with van der Waals surface area (Å²) in [5, 5.41) is 29.4. The van der Waals surface area contributed by atoms with Gasteiger partial charge in [0.15, 0.2) is 12.0 Å². The molecule has 0 spiro atoms. The lowest BCUT2D eigenvalue weighted by Gasteiger charge is -2.38. The van der Waals surface area contributed by atoms with E-state index in [1.807, 2.05) is 0 Å². The Kier molecular flexibility index (Phi) is 6.27. The van der Waals surface area contributed by atoms with Crippen LogP contribution in [0, 0.1) is 0 Å². The van der Waals surface area contributed by atoms with E-state index in [0.29, 0.717) is 0 Å². The molecular formula is C14H17Cl2NO7. The van der Waals surface area contributed by atoms with Gasteiger partial charge in [0.1, 0.15) is 30.5 Å². The van der Waals surface area contributed by atoms with Crippen LogP contribution in [0.5, 0.6) is 5.75 Å². The number of rotatable bonds is 4. The first-order valence-corrected chi connectivity index (χ1v) is 7.67. The van der Waals surface area contributed by atoms with E-state index in [2.05, 4.69) is 0 Å². The third kappa shape index (κ3) is 3.75. The zero-order valence-corrected chi connectivity index (χ0v) is 14.1. The molecule has 1 heterocycles. The zero-order chi connectivity index (χ0) is 18.0. The normalized spacial score (nSPS) is 30.0. The number of nitrogens with two attached hydrogens (primary N) is 1. The summed E-state index contributed by atoms with van der Waals surface area (Å²) < 4.78 is 15.1. The largest absolute Gasteiger partial charge is 0.494 e. The van der Waals surface area contributed by atoms with Gasteiger partial charge in [-0.3, -0.25) is 0 Å². The van der Waals surface area contributed by atoms with E-state index < -0.39 is 43.2 Å². The van der Waals surface area contributed by atoms with Crippen LogP contribution in [0.3, 0.4) is 0 Å². The number of ether oxygens (including phenoxy) is 3. The van der Waals surface area contributed by atoms with E-state index in [0.717, 1.165) is 0 Å². The zero-order valence-electron chi connectivity index (χ0n) is 12.6. The van der Waals surface area contributed by atoms with Gasteiger partial charge in [-0.2, -0.15) is 0 Å². The summed E-state index contributed by atoms with van der Waals surface area (Å²) in [6.45, 7) is -0.452. The first-order valence-electron chi connectivity index (χ1n) is 6.92. The van der Waals surface area contributed by atoms with Gasteiger partial charge in [-0.05, 0) is 12.1 Å². The first-order chi connectivity index (χ1) is 11.3. The number of aliphatic hydroxyl groups is 3. The summed E-state index contributed by atoms with van der Waals surface area (Å²) in [6.07, 6.45) is -5.53. The van der Waals surface area contributed by atoms with Crippen molar-refractivity contribution in [2.24, 2.45) is 5.73 Å². The van der Waals surface area contributed by atoms with Crippen LogP contribution in [0.25, 0.3) is 0 Å². The number of carbonyl (C=O) groups is 1. The van der Waals surface area contributed by atoms with E-state index in [9.17, 15) is 20.1 Å². The molecule has 134 valence electrons.